The molecule has 2 aromatic carbocycles. The molecule has 0 aliphatic carbocycles. The van der Waals surface area contributed by atoms with Gasteiger partial charge in [-0.3, -0.25) is 14.9 Å². The summed E-state index contributed by atoms with van der Waals surface area (Å²) >= 11 is 1.71. The molecule has 1 aliphatic rings. The van der Waals surface area contributed by atoms with E-state index in [1.54, 1.807) is 17.4 Å². The molecule has 8 heteroatoms. The van der Waals surface area contributed by atoms with Gasteiger partial charge < -0.3 is 10.2 Å². The van der Waals surface area contributed by atoms with Crippen molar-refractivity contribution in [1.82, 2.24) is 10.3 Å². The van der Waals surface area contributed by atoms with Crippen LogP contribution in [0.1, 0.15) is 23.2 Å². The summed E-state index contributed by atoms with van der Waals surface area (Å²) in [7, 11) is 0. The Morgan fingerprint density at radius 1 is 1.21 bits per heavy atom. The molecular formula is C20H20N4O3S. The number of fused-ring (bicyclic) bond motifs is 1. The minimum atomic E-state index is -0.492. The fraction of sp³-hybridized carbons (Fsp3) is 0.300. The molecule has 2 heterocycles. The van der Waals surface area contributed by atoms with Crippen molar-refractivity contribution in [3.05, 3.63) is 64.2 Å². The second kappa shape index (κ2) is 7.93. The molecule has 0 bridgehead atoms. The van der Waals surface area contributed by atoms with Crippen LogP contribution in [0.15, 0.2) is 48.5 Å². The van der Waals surface area contributed by atoms with Crippen molar-refractivity contribution in [3.8, 4) is 0 Å². The third-order valence-corrected chi connectivity index (χ3v) is 6.14. The molecule has 1 saturated heterocycles. The van der Waals surface area contributed by atoms with Crippen molar-refractivity contribution in [1.29, 1.82) is 0 Å². The van der Waals surface area contributed by atoms with Crippen LogP contribution in [-0.4, -0.2) is 35.4 Å². The number of para-hydroxylation sites is 1. The molecule has 1 amide bonds. The highest BCUT2D eigenvalue weighted by molar-refractivity contribution is 7.22. The van der Waals surface area contributed by atoms with Gasteiger partial charge in [-0.15, -0.1) is 0 Å². The van der Waals surface area contributed by atoms with Crippen molar-refractivity contribution in [2.24, 2.45) is 5.92 Å². The molecule has 0 saturated carbocycles. The number of hydrogen-bond acceptors (Lipinski definition) is 6. The quantitative estimate of drug-likeness (QED) is 0.523. The molecule has 1 aliphatic heterocycles. The Bertz CT molecular complexity index is 978. The second-order valence-electron chi connectivity index (χ2n) is 6.91. The second-order valence-corrected chi connectivity index (χ2v) is 7.92. The molecule has 3 aromatic rings. The fourth-order valence-corrected chi connectivity index (χ4v) is 4.44. The van der Waals surface area contributed by atoms with E-state index < -0.39 is 4.92 Å². The maximum atomic E-state index is 12.3. The number of nitro benzene ring substituents is 1. The van der Waals surface area contributed by atoms with Gasteiger partial charge in [0.05, 0.1) is 15.1 Å². The zero-order valence-electron chi connectivity index (χ0n) is 15.2. The molecule has 1 aromatic heterocycles. The molecule has 0 unspecified atom stereocenters. The number of amides is 1. The SMILES string of the molecule is O=C(NCC1CCN(c2nc3ccccc3s2)CC1)c1cccc([N+](=O)[O-])c1. The minimum absolute atomic E-state index is 0.0724. The zero-order valence-corrected chi connectivity index (χ0v) is 16.0. The van der Waals surface area contributed by atoms with E-state index in [1.165, 1.54) is 22.9 Å². The Balaban J connectivity index is 1.30. The lowest BCUT2D eigenvalue weighted by Crippen LogP contribution is -2.38. The number of carbonyl (C=O) groups is 1. The summed E-state index contributed by atoms with van der Waals surface area (Å²) in [6.07, 6.45) is 1.95. The molecule has 0 spiro atoms. The number of rotatable bonds is 5. The van der Waals surface area contributed by atoms with Gasteiger partial charge in [-0.1, -0.05) is 29.5 Å². The lowest BCUT2D eigenvalue weighted by Gasteiger charge is -2.31. The third kappa shape index (κ3) is 3.96. The molecule has 0 radical (unpaired) electrons. The first kappa shape index (κ1) is 18.4. The lowest BCUT2D eigenvalue weighted by molar-refractivity contribution is -0.384. The molecule has 7 nitrogen and oxygen atoms in total. The molecule has 28 heavy (non-hydrogen) atoms. The highest BCUT2D eigenvalue weighted by Gasteiger charge is 2.22. The number of thiazole rings is 1. The molecule has 0 atom stereocenters. The van der Waals surface area contributed by atoms with Crippen LogP contribution in [0, 0.1) is 16.0 Å². The number of nitrogens with one attached hydrogen (secondary N) is 1. The molecule has 4 rings (SSSR count). The molecule has 1 N–H and O–H groups in total. The van der Waals surface area contributed by atoms with E-state index in [0.717, 1.165) is 36.6 Å². The average Bonchev–Trinajstić information content (AvgIpc) is 3.16. The van der Waals surface area contributed by atoms with Gasteiger partial charge in [-0.25, -0.2) is 4.98 Å². The lowest BCUT2D eigenvalue weighted by atomic mass is 9.97. The molecule has 144 valence electrons. The van der Waals surface area contributed by atoms with Crippen LogP contribution < -0.4 is 10.2 Å². The maximum absolute atomic E-state index is 12.3. The number of nitrogens with zero attached hydrogens (tertiary/aromatic N) is 3. The number of carbonyl (C=O) groups excluding carboxylic acids is 1. The van der Waals surface area contributed by atoms with Crippen LogP contribution in [0.25, 0.3) is 10.2 Å². The highest BCUT2D eigenvalue weighted by atomic mass is 32.1. The van der Waals surface area contributed by atoms with E-state index in [2.05, 4.69) is 16.3 Å². The Kier molecular flexibility index (Phi) is 5.21. The number of benzene rings is 2. The number of aromatic nitrogens is 1. The van der Waals surface area contributed by atoms with Gasteiger partial charge in [-0.2, -0.15) is 0 Å². The van der Waals surface area contributed by atoms with Crippen LogP contribution >= 0.6 is 11.3 Å². The molecule has 1 fully saturated rings. The fourth-order valence-electron chi connectivity index (χ4n) is 3.42. The predicted molar refractivity (Wildman–Crippen MR) is 110 cm³/mol. The first-order valence-corrected chi connectivity index (χ1v) is 10.0. The summed E-state index contributed by atoms with van der Waals surface area (Å²) in [6.45, 7) is 2.41. The van der Waals surface area contributed by atoms with Crippen LogP contribution in [0.4, 0.5) is 10.8 Å². The van der Waals surface area contributed by atoms with Gasteiger partial charge in [0.15, 0.2) is 5.13 Å². The van der Waals surface area contributed by atoms with Gasteiger partial charge in [0, 0.05) is 37.3 Å². The van der Waals surface area contributed by atoms with E-state index in [4.69, 9.17) is 4.98 Å². The summed E-state index contributed by atoms with van der Waals surface area (Å²) in [5.74, 6) is 0.130. The number of non-ortho nitro benzene ring substituents is 1. The van der Waals surface area contributed by atoms with Gasteiger partial charge >= 0.3 is 0 Å². The minimum Gasteiger partial charge on any atom is -0.352 e. The summed E-state index contributed by atoms with van der Waals surface area (Å²) in [5.41, 5.74) is 1.28. The Morgan fingerprint density at radius 3 is 2.75 bits per heavy atom. The maximum Gasteiger partial charge on any atom is 0.270 e. The van der Waals surface area contributed by atoms with Crippen LogP contribution in [-0.2, 0) is 0 Å². The van der Waals surface area contributed by atoms with E-state index in [1.807, 2.05) is 18.2 Å². The monoisotopic (exact) mass is 396 g/mol. The summed E-state index contributed by atoms with van der Waals surface area (Å²) in [6, 6.07) is 14.0. The highest BCUT2D eigenvalue weighted by Crippen LogP contribution is 2.31. The van der Waals surface area contributed by atoms with Gasteiger partial charge in [0.1, 0.15) is 0 Å². The van der Waals surface area contributed by atoms with Crippen molar-refractivity contribution in [3.63, 3.8) is 0 Å². The number of nitro groups is 1. The predicted octanol–water partition coefficient (Wildman–Crippen LogP) is 3.85. The number of piperidine rings is 1. The van der Waals surface area contributed by atoms with Crippen molar-refractivity contribution in [2.45, 2.75) is 12.8 Å². The van der Waals surface area contributed by atoms with Gasteiger partial charge in [0.25, 0.3) is 11.6 Å². The summed E-state index contributed by atoms with van der Waals surface area (Å²) < 4.78 is 1.20. The van der Waals surface area contributed by atoms with Crippen molar-refractivity contribution < 1.29 is 9.72 Å². The van der Waals surface area contributed by atoms with Gasteiger partial charge in [-0.05, 0) is 37.0 Å². The van der Waals surface area contributed by atoms with E-state index in [-0.39, 0.29) is 11.6 Å². The first-order valence-electron chi connectivity index (χ1n) is 9.23. The van der Waals surface area contributed by atoms with Crippen molar-refractivity contribution in [2.75, 3.05) is 24.5 Å². The third-order valence-electron chi connectivity index (χ3n) is 5.04. The normalized spacial score (nSPS) is 14.9. The standard InChI is InChI=1S/C20H20N4O3S/c25-19(15-4-3-5-16(12-15)24(26)27)21-13-14-8-10-23(11-9-14)20-22-17-6-1-2-7-18(17)28-20/h1-7,12,14H,8-11,13H2,(H,21,25). The zero-order chi connectivity index (χ0) is 19.5. The van der Waals surface area contributed by atoms with E-state index in [0.29, 0.717) is 18.0 Å². The smallest absolute Gasteiger partial charge is 0.270 e. The van der Waals surface area contributed by atoms with Crippen LogP contribution in [0.3, 0.4) is 0 Å². The largest absolute Gasteiger partial charge is 0.352 e. The van der Waals surface area contributed by atoms with E-state index in [9.17, 15) is 14.9 Å². The van der Waals surface area contributed by atoms with Crippen molar-refractivity contribution >= 4 is 38.3 Å². The van der Waals surface area contributed by atoms with Crippen LogP contribution in [0.5, 0.6) is 0 Å². The van der Waals surface area contributed by atoms with E-state index >= 15 is 0 Å². The Labute approximate surface area is 166 Å². The number of anilines is 1. The average molecular weight is 396 g/mol. The topological polar surface area (TPSA) is 88.4 Å². The molecular weight excluding hydrogens is 376 g/mol. The number of hydrogen-bond donors (Lipinski definition) is 1. The van der Waals surface area contributed by atoms with Gasteiger partial charge in [0.2, 0.25) is 0 Å². The summed E-state index contributed by atoms with van der Waals surface area (Å²) in [5, 5.41) is 14.8. The Morgan fingerprint density at radius 2 is 2.00 bits per heavy atom. The first-order chi connectivity index (χ1) is 13.6. The Hall–Kier alpha value is -3.00. The van der Waals surface area contributed by atoms with Crippen LogP contribution in [0.2, 0.25) is 0 Å². The summed E-state index contributed by atoms with van der Waals surface area (Å²) in [4.78, 5) is 29.7.